The van der Waals surface area contributed by atoms with Crippen molar-refractivity contribution in [2.45, 2.75) is 79.1 Å². The second-order valence-corrected chi connectivity index (χ2v) is 11.5. The molecule has 150 valence electrons. The first-order valence-electron chi connectivity index (χ1n) is 7.57. The summed E-state index contributed by atoms with van der Waals surface area (Å²) < 4.78 is 35.0. The minimum atomic E-state index is -5.94. The zero-order chi connectivity index (χ0) is 20.4. The van der Waals surface area contributed by atoms with Gasteiger partial charge >= 0.3 is 53.8 Å². The molecule has 0 aliphatic heterocycles. The van der Waals surface area contributed by atoms with Crippen molar-refractivity contribution in [3.8, 4) is 0 Å². The Balaban J connectivity index is -0.000000122. The third-order valence-electron chi connectivity index (χ3n) is 0.990. The van der Waals surface area contributed by atoms with Crippen molar-refractivity contribution >= 4 is 19.1 Å². The van der Waals surface area contributed by atoms with Crippen molar-refractivity contribution in [3.05, 3.63) is 24.3 Å². The van der Waals surface area contributed by atoms with Crippen molar-refractivity contribution in [1.29, 1.82) is 0 Å². The monoisotopic (exact) mass is 507 g/mol. The Kier molecular flexibility index (Phi) is 18.0. The van der Waals surface area contributed by atoms with Crippen LogP contribution in [-0.2, 0) is 26.2 Å². The Labute approximate surface area is 174 Å². The summed E-state index contributed by atoms with van der Waals surface area (Å²) in [6.45, 7) is 15.7. The number of aliphatic hydroxyl groups is 3. The van der Waals surface area contributed by atoms with E-state index >= 15 is 0 Å². The Morgan fingerprint density at radius 3 is 0.880 bits per heavy atom. The molecule has 0 radical (unpaired) electrons. The summed E-state index contributed by atoms with van der Waals surface area (Å²) in [5.41, 5.74) is -1.50. The molecule has 0 bridgehead atoms. The third-order valence-corrected chi connectivity index (χ3v) is 3.06. The molecule has 3 N–H and O–H groups in total. The Hall–Kier alpha value is 0.446. The molecule has 1 aromatic rings. The van der Waals surface area contributed by atoms with E-state index in [1.165, 1.54) is 12.1 Å². The van der Waals surface area contributed by atoms with E-state index in [2.05, 4.69) is 0 Å². The maximum Gasteiger partial charge on any atom is 0 e. The summed E-state index contributed by atoms with van der Waals surface area (Å²) in [6, 6.07) is 5.07. The van der Waals surface area contributed by atoms with Gasteiger partial charge in [-0.25, -0.2) is 0 Å². The summed E-state index contributed by atoms with van der Waals surface area (Å²) >= 11 is -5.94. The molecule has 8 heteroatoms. The summed E-state index contributed by atoms with van der Waals surface area (Å²) in [6.07, 6.45) is 0. The molecule has 0 aliphatic rings. The van der Waals surface area contributed by atoms with Gasteiger partial charge in [0.05, 0.1) is 16.8 Å². The summed E-state index contributed by atoms with van der Waals surface area (Å²) in [5, 5.41) is 25.6. The molecule has 3 nitrogen and oxygen atoms in total. The molecule has 1 aromatic carbocycles. The van der Waals surface area contributed by atoms with Crippen LogP contribution in [0.5, 0.6) is 0 Å². The van der Waals surface area contributed by atoms with Crippen molar-refractivity contribution in [2.75, 3.05) is 0 Å². The minimum absolute atomic E-state index is 0. The van der Waals surface area contributed by atoms with Crippen LogP contribution >= 0.6 is 0 Å². The van der Waals surface area contributed by atoms with Gasteiger partial charge < -0.3 is 15.3 Å². The molecule has 0 saturated carbocycles. The number of rotatable bonds is 1. The zero-order valence-corrected chi connectivity index (χ0v) is 21.3. The van der Waals surface area contributed by atoms with E-state index < -0.39 is 35.9 Å². The summed E-state index contributed by atoms with van der Waals surface area (Å²) in [7, 11) is 0. The van der Waals surface area contributed by atoms with Crippen LogP contribution in [0.2, 0.25) is 0 Å². The molecule has 0 spiro atoms. The van der Waals surface area contributed by atoms with Gasteiger partial charge in [-0.05, 0) is 62.3 Å². The van der Waals surface area contributed by atoms with E-state index in [9.17, 15) is 10.5 Å². The van der Waals surface area contributed by atoms with E-state index in [1.807, 2.05) is 0 Å². The smallest absolute Gasteiger partial charge is 0 e. The van der Waals surface area contributed by atoms with Crippen molar-refractivity contribution < 1.29 is 52.0 Å². The van der Waals surface area contributed by atoms with Gasteiger partial charge in [-0.1, -0.05) is 0 Å². The van der Waals surface area contributed by atoms with Crippen molar-refractivity contribution in [1.82, 2.24) is 0 Å². The molecular formula is C17H34F3GeO3Zr-. The standard InChI is InChI=1S/C5H4F3Ge.3C4H10O.Zr/c6-9(7,8)5-3-1-2-4-5;3*1-4(2,3)5;/h1-4H;3*5H,1-3H3;/q-1;;;;. The zero-order valence-electron chi connectivity index (χ0n) is 16.8. The molecule has 0 saturated heterocycles. The van der Waals surface area contributed by atoms with Gasteiger partial charge in [-0.15, -0.1) is 0 Å². The normalized spacial score (nSPS) is 11.5. The second kappa shape index (κ2) is 13.6. The van der Waals surface area contributed by atoms with E-state index in [0.717, 1.165) is 12.1 Å². The van der Waals surface area contributed by atoms with Crippen LogP contribution in [0.15, 0.2) is 24.3 Å². The van der Waals surface area contributed by atoms with Gasteiger partial charge in [0.25, 0.3) is 0 Å². The van der Waals surface area contributed by atoms with Crippen LogP contribution in [0, 0.1) is 0 Å². The number of halogens is 3. The average Bonchev–Trinajstić information content (AvgIpc) is 2.58. The number of hydrogen-bond donors (Lipinski definition) is 3. The van der Waals surface area contributed by atoms with E-state index in [-0.39, 0.29) is 26.2 Å². The molecule has 0 amide bonds. The topological polar surface area (TPSA) is 60.7 Å². The molecule has 0 heterocycles. The largest absolute Gasteiger partial charge is 0 e. The molecular weight excluding hydrogens is 473 g/mol. The molecule has 0 aliphatic carbocycles. The molecule has 0 atom stereocenters. The van der Waals surface area contributed by atoms with Crippen LogP contribution in [-0.4, -0.2) is 46.8 Å². The fourth-order valence-electron chi connectivity index (χ4n) is 0.563. The van der Waals surface area contributed by atoms with E-state index in [0.29, 0.717) is 0 Å². The average molecular weight is 507 g/mol. The van der Waals surface area contributed by atoms with Gasteiger partial charge in [-0.3, -0.25) is 0 Å². The van der Waals surface area contributed by atoms with E-state index in [1.54, 1.807) is 62.3 Å². The van der Waals surface area contributed by atoms with Crippen molar-refractivity contribution in [3.63, 3.8) is 0 Å². The van der Waals surface area contributed by atoms with Crippen LogP contribution in [0.1, 0.15) is 62.3 Å². The fourth-order valence-corrected chi connectivity index (χ4v) is 1.76. The first-order valence-corrected chi connectivity index (χ1v) is 11.0. The Morgan fingerprint density at radius 1 is 0.640 bits per heavy atom. The predicted molar refractivity (Wildman–Crippen MR) is 96.7 cm³/mol. The maximum absolute atomic E-state index is 11.8. The van der Waals surface area contributed by atoms with Gasteiger partial charge in [0.15, 0.2) is 0 Å². The first-order chi connectivity index (χ1) is 10.1. The van der Waals surface area contributed by atoms with Gasteiger partial charge in [0, 0.05) is 26.2 Å². The Morgan fingerprint density at radius 2 is 0.800 bits per heavy atom. The van der Waals surface area contributed by atoms with Gasteiger partial charge in [0.2, 0.25) is 0 Å². The SMILES string of the molecule is CC(C)(C)O.CC(C)(C)O.CC(C)(C)O.[F][Ge]([F])([F])[c-]1cccc1.[Zr]. The number of hydrogen-bond acceptors (Lipinski definition) is 3. The van der Waals surface area contributed by atoms with Crippen LogP contribution in [0.25, 0.3) is 0 Å². The first kappa shape index (κ1) is 33.1. The molecule has 1 rings (SSSR count). The fraction of sp³-hybridized carbons (Fsp3) is 0.706. The molecule has 0 unspecified atom stereocenters. The summed E-state index contributed by atoms with van der Waals surface area (Å²) in [4.78, 5) is 0. The molecule has 0 fully saturated rings. The summed E-state index contributed by atoms with van der Waals surface area (Å²) in [5.74, 6) is 0. The second-order valence-electron chi connectivity index (χ2n) is 8.18. The minimum Gasteiger partial charge on any atom is 0 e. The predicted octanol–water partition coefficient (Wildman–Crippen LogP) is 3.79. The van der Waals surface area contributed by atoms with E-state index in [4.69, 9.17) is 15.3 Å². The van der Waals surface area contributed by atoms with Crippen molar-refractivity contribution in [2.24, 2.45) is 0 Å². The van der Waals surface area contributed by atoms with Gasteiger partial charge in [-0.2, -0.15) is 0 Å². The van der Waals surface area contributed by atoms with Crippen LogP contribution < -0.4 is 4.40 Å². The maximum atomic E-state index is 11.8. The molecule has 0 aromatic heterocycles. The van der Waals surface area contributed by atoms with Crippen LogP contribution in [0.3, 0.4) is 0 Å². The van der Waals surface area contributed by atoms with Gasteiger partial charge in [0.1, 0.15) is 0 Å². The Bertz CT molecular complexity index is 354. The van der Waals surface area contributed by atoms with Crippen LogP contribution in [0.4, 0.5) is 10.5 Å². The third kappa shape index (κ3) is 68.1. The molecule has 25 heavy (non-hydrogen) atoms. The quantitative estimate of drug-likeness (QED) is 0.401.